The minimum atomic E-state index is 0.485. The van der Waals surface area contributed by atoms with Crippen molar-refractivity contribution < 1.29 is 0 Å². The summed E-state index contributed by atoms with van der Waals surface area (Å²) in [4.78, 5) is 8.78. The Morgan fingerprint density at radius 1 is 1.33 bits per heavy atom. The van der Waals surface area contributed by atoms with Crippen molar-refractivity contribution in [1.82, 2.24) is 9.97 Å². The van der Waals surface area contributed by atoms with Gasteiger partial charge in [0.2, 0.25) is 0 Å². The molecule has 0 spiro atoms. The molecule has 0 unspecified atom stereocenters. The highest BCUT2D eigenvalue weighted by molar-refractivity contribution is 9.10. The molecule has 1 heterocycles. The number of nitrogens with two attached hydrogens (primary N) is 1. The van der Waals surface area contributed by atoms with Gasteiger partial charge in [-0.15, -0.1) is 0 Å². The van der Waals surface area contributed by atoms with Crippen LogP contribution in [-0.2, 0) is 12.8 Å². The number of hydrogen-bond donors (Lipinski definition) is 1. The van der Waals surface area contributed by atoms with Crippen molar-refractivity contribution >= 4 is 33.3 Å². The summed E-state index contributed by atoms with van der Waals surface area (Å²) in [5.41, 5.74) is 7.86. The Kier molecular flexibility index (Phi) is 4.19. The monoisotopic (exact) mass is 325 g/mol. The minimum Gasteiger partial charge on any atom is -0.383 e. The highest BCUT2D eigenvalue weighted by Crippen LogP contribution is 2.22. The maximum Gasteiger partial charge on any atom is 0.141 e. The average molecular weight is 327 g/mol. The molecule has 0 aliphatic heterocycles. The Bertz CT molecular complexity index is 572. The number of nitrogen functional groups attached to an aromatic ring is 1. The second-order valence-corrected chi connectivity index (χ2v) is 5.18. The molecular weight excluding hydrogens is 314 g/mol. The molecule has 94 valence electrons. The third-order valence-corrected chi connectivity index (χ3v) is 3.68. The first kappa shape index (κ1) is 13.3. The quantitative estimate of drug-likeness (QED) is 0.937. The summed E-state index contributed by atoms with van der Waals surface area (Å²) in [7, 11) is 0. The van der Waals surface area contributed by atoms with Gasteiger partial charge in [-0.3, -0.25) is 0 Å². The van der Waals surface area contributed by atoms with E-state index in [0.717, 1.165) is 28.0 Å². The predicted octanol–water partition coefficient (Wildman–Crippen LogP) is 3.63. The summed E-state index contributed by atoms with van der Waals surface area (Å²) in [5.74, 6) is 1.20. The first-order valence-electron chi connectivity index (χ1n) is 5.65. The first-order valence-corrected chi connectivity index (χ1v) is 6.82. The van der Waals surface area contributed by atoms with Gasteiger partial charge in [0, 0.05) is 11.4 Å². The number of aryl methyl sites for hydroxylation is 1. The van der Waals surface area contributed by atoms with Gasteiger partial charge < -0.3 is 5.73 Å². The number of aromatic nitrogens is 2. The van der Waals surface area contributed by atoms with Gasteiger partial charge in [0.15, 0.2) is 0 Å². The van der Waals surface area contributed by atoms with E-state index in [2.05, 4.69) is 25.9 Å². The van der Waals surface area contributed by atoms with Crippen LogP contribution in [0.5, 0.6) is 0 Å². The third kappa shape index (κ3) is 3.00. The van der Waals surface area contributed by atoms with Crippen molar-refractivity contribution in [2.75, 3.05) is 5.73 Å². The fraction of sp³-hybridized carbons (Fsp3) is 0.231. The van der Waals surface area contributed by atoms with Gasteiger partial charge in [-0.1, -0.05) is 30.7 Å². The summed E-state index contributed by atoms with van der Waals surface area (Å²) in [6, 6.07) is 7.67. The molecule has 2 rings (SSSR count). The zero-order valence-corrected chi connectivity index (χ0v) is 12.3. The van der Waals surface area contributed by atoms with Crippen LogP contribution in [0.4, 0.5) is 5.82 Å². The molecule has 1 aromatic heterocycles. The van der Waals surface area contributed by atoms with Crippen LogP contribution in [0.15, 0.2) is 28.7 Å². The number of nitrogens with zero attached hydrogens (tertiary/aromatic N) is 2. The number of halogens is 2. The fourth-order valence-corrected chi connectivity index (χ4v) is 2.38. The number of hydrogen-bond acceptors (Lipinski definition) is 3. The van der Waals surface area contributed by atoms with E-state index in [1.54, 1.807) is 0 Å². The van der Waals surface area contributed by atoms with Gasteiger partial charge in [-0.2, -0.15) is 0 Å². The molecule has 0 atom stereocenters. The molecule has 3 nitrogen and oxygen atoms in total. The lowest BCUT2D eigenvalue weighted by Crippen LogP contribution is -2.05. The zero-order valence-electron chi connectivity index (χ0n) is 9.95. The van der Waals surface area contributed by atoms with E-state index in [1.165, 1.54) is 0 Å². The van der Waals surface area contributed by atoms with Crippen molar-refractivity contribution in [2.24, 2.45) is 0 Å². The predicted molar refractivity (Wildman–Crippen MR) is 77.8 cm³/mol. The largest absolute Gasteiger partial charge is 0.383 e. The summed E-state index contributed by atoms with van der Waals surface area (Å²) in [6.07, 6.45) is 1.45. The van der Waals surface area contributed by atoms with Crippen LogP contribution in [0.2, 0.25) is 5.02 Å². The van der Waals surface area contributed by atoms with Gasteiger partial charge in [0.1, 0.15) is 11.6 Å². The van der Waals surface area contributed by atoms with Gasteiger partial charge >= 0.3 is 0 Å². The van der Waals surface area contributed by atoms with Crippen LogP contribution in [0, 0.1) is 0 Å². The summed E-state index contributed by atoms with van der Waals surface area (Å²) in [6.45, 7) is 2.04. The fourth-order valence-electron chi connectivity index (χ4n) is 1.71. The van der Waals surface area contributed by atoms with Crippen LogP contribution in [0.1, 0.15) is 24.0 Å². The number of rotatable bonds is 3. The molecule has 0 bridgehead atoms. The molecule has 0 aliphatic rings. The van der Waals surface area contributed by atoms with Crippen LogP contribution in [0.3, 0.4) is 0 Å². The van der Waals surface area contributed by atoms with Crippen molar-refractivity contribution in [1.29, 1.82) is 0 Å². The van der Waals surface area contributed by atoms with Gasteiger partial charge in [-0.05, 0) is 40.0 Å². The molecular formula is C13H13BrClN3. The number of benzene rings is 1. The third-order valence-electron chi connectivity index (χ3n) is 2.58. The highest BCUT2D eigenvalue weighted by atomic mass is 79.9. The molecule has 0 radical (unpaired) electrons. The van der Waals surface area contributed by atoms with E-state index >= 15 is 0 Å². The van der Waals surface area contributed by atoms with Gasteiger partial charge in [0.05, 0.1) is 10.2 Å². The van der Waals surface area contributed by atoms with E-state index in [9.17, 15) is 0 Å². The van der Waals surface area contributed by atoms with Crippen molar-refractivity contribution in [3.63, 3.8) is 0 Å². The van der Waals surface area contributed by atoms with E-state index in [1.807, 2.05) is 31.2 Å². The Morgan fingerprint density at radius 2 is 2.11 bits per heavy atom. The maximum absolute atomic E-state index is 5.95. The Labute approximate surface area is 120 Å². The van der Waals surface area contributed by atoms with Crippen LogP contribution < -0.4 is 5.73 Å². The molecule has 0 aliphatic carbocycles. The molecule has 0 amide bonds. The van der Waals surface area contributed by atoms with Crippen LogP contribution >= 0.6 is 27.5 Å². The minimum absolute atomic E-state index is 0.485. The highest BCUT2D eigenvalue weighted by Gasteiger charge is 2.09. The molecule has 18 heavy (non-hydrogen) atoms. The van der Waals surface area contributed by atoms with Crippen LogP contribution in [0.25, 0.3) is 0 Å². The van der Waals surface area contributed by atoms with E-state index < -0.39 is 0 Å². The standard InChI is InChI=1S/C13H13BrClN3/c1-2-10-12(14)13(16)18-11(17-10)7-8-4-3-5-9(15)6-8/h3-6H,2,7H2,1H3,(H2,16,17,18). The molecule has 2 N–H and O–H groups in total. The van der Waals surface area contributed by atoms with E-state index in [0.29, 0.717) is 17.3 Å². The second-order valence-electron chi connectivity index (χ2n) is 3.95. The van der Waals surface area contributed by atoms with Crippen molar-refractivity contribution in [2.45, 2.75) is 19.8 Å². The lowest BCUT2D eigenvalue weighted by Gasteiger charge is -2.07. The first-order chi connectivity index (χ1) is 8.60. The molecule has 0 saturated heterocycles. The lowest BCUT2D eigenvalue weighted by molar-refractivity contribution is 0.902. The topological polar surface area (TPSA) is 51.8 Å². The molecule has 0 fully saturated rings. The molecule has 0 saturated carbocycles. The normalized spacial score (nSPS) is 10.6. The van der Waals surface area contributed by atoms with E-state index in [-0.39, 0.29) is 0 Å². The molecule has 1 aromatic carbocycles. The van der Waals surface area contributed by atoms with Crippen LogP contribution in [-0.4, -0.2) is 9.97 Å². The Hall–Kier alpha value is -1.13. The number of anilines is 1. The molecule has 2 aromatic rings. The maximum atomic E-state index is 5.95. The second kappa shape index (κ2) is 5.67. The summed E-state index contributed by atoms with van der Waals surface area (Å²) in [5, 5.41) is 0.716. The summed E-state index contributed by atoms with van der Waals surface area (Å²) < 4.78 is 0.792. The smallest absolute Gasteiger partial charge is 0.141 e. The molecule has 5 heteroatoms. The Morgan fingerprint density at radius 3 is 2.78 bits per heavy atom. The average Bonchev–Trinajstić information content (AvgIpc) is 2.33. The van der Waals surface area contributed by atoms with Crippen molar-refractivity contribution in [3.8, 4) is 0 Å². The van der Waals surface area contributed by atoms with Crippen molar-refractivity contribution in [3.05, 3.63) is 50.8 Å². The zero-order chi connectivity index (χ0) is 13.1. The summed E-state index contributed by atoms with van der Waals surface area (Å²) >= 11 is 9.35. The Balaban J connectivity index is 2.32. The van der Waals surface area contributed by atoms with Gasteiger partial charge in [0.25, 0.3) is 0 Å². The van der Waals surface area contributed by atoms with Gasteiger partial charge in [-0.25, -0.2) is 9.97 Å². The lowest BCUT2D eigenvalue weighted by atomic mass is 10.1. The SMILES string of the molecule is CCc1nc(Cc2cccc(Cl)c2)nc(N)c1Br. The van der Waals surface area contributed by atoms with E-state index in [4.69, 9.17) is 17.3 Å².